The third kappa shape index (κ3) is 3.45. The summed E-state index contributed by atoms with van der Waals surface area (Å²) in [7, 11) is -0.163. The molecule has 0 spiro atoms. The predicted molar refractivity (Wildman–Crippen MR) is 91.3 cm³/mol. The van der Waals surface area contributed by atoms with Gasteiger partial charge in [-0.1, -0.05) is 0 Å². The second-order valence-corrected chi connectivity index (χ2v) is 8.25. The molecule has 136 valence electrons. The van der Waals surface area contributed by atoms with Crippen LogP contribution in [0, 0.1) is 12.8 Å². The van der Waals surface area contributed by atoms with Crippen molar-refractivity contribution in [2.45, 2.75) is 24.7 Å². The summed E-state index contributed by atoms with van der Waals surface area (Å²) in [6.45, 7) is 2.44. The van der Waals surface area contributed by atoms with E-state index in [-0.39, 0.29) is 23.3 Å². The summed E-state index contributed by atoms with van der Waals surface area (Å²) in [6.07, 6.45) is 5.70. The van der Waals surface area contributed by atoms with Gasteiger partial charge in [0.05, 0.1) is 29.7 Å². The first-order valence-electron chi connectivity index (χ1n) is 8.07. The van der Waals surface area contributed by atoms with Gasteiger partial charge in [-0.2, -0.15) is 14.5 Å². The van der Waals surface area contributed by atoms with Crippen molar-refractivity contribution in [1.29, 1.82) is 0 Å². The largest absolute Gasteiger partial charge is 0.323 e. The van der Waals surface area contributed by atoms with Crippen LogP contribution in [0.4, 0.5) is 5.69 Å². The summed E-state index contributed by atoms with van der Waals surface area (Å²) in [6, 6.07) is 0. The van der Waals surface area contributed by atoms with Gasteiger partial charge in [0, 0.05) is 33.4 Å². The molecule has 25 heavy (non-hydrogen) atoms. The Bertz CT molecular complexity index is 885. The number of sulfonamides is 1. The average molecular weight is 366 g/mol. The quantitative estimate of drug-likeness (QED) is 0.849. The van der Waals surface area contributed by atoms with E-state index < -0.39 is 10.0 Å². The molecule has 3 heterocycles. The third-order valence-corrected chi connectivity index (χ3v) is 6.39. The molecule has 10 heteroatoms. The van der Waals surface area contributed by atoms with Gasteiger partial charge in [0.15, 0.2) is 0 Å². The van der Waals surface area contributed by atoms with Crippen molar-refractivity contribution in [2.24, 2.45) is 20.0 Å². The fourth-order valence-electron chi connectivity index (χ4n) is 2.91. The maximum Gasteiger partial charge on any atom is 0.246 e. The molecular weight excluding hydrogens is 344 g/mol. The number of hydrogen-bond acceptors (Lipinski definition) is 5. The van der Waals surface area contributed by atoms with Crippen molar-refractivity contribution in [3.63, 3.8) is 0 Å². The fourth-order valence-corrected chi connectivity index (χ4v) is 4.42. The zero-order valence-electron chi connectivity index (χ0n) is 14.5. The molecule has 0 bridgehead atoms. The zero-order chi connectivity index (χ0) is 18.2. The van der Waals surface area contributed by atoms with Gasteiger partial charge in [-0.05, 0) is 19.8 Å². The molecule has 1 aliphatic heterocycles. The highest BCUT2D eigenvalue weighted by molar-refractivity contribution is 7.89. The van der Waals surface area contributed by atoms with Crippen LogP contribution in [0.5, 0.6) is 0 Å². The molecular formula is C15H22N6O3S. The zero-order valence-corrected chi connectivity index (χ0v) is 15.3. The molecule has 9 nitrogen and oxygen atoms in total. The van der Waals surface area contributed by atoms with E-state index in [1.807, 2.05) is 6.92 Å². The summed E-state index contributed by atoms with van der Waals surface area (Å²) in [5.74, 6) is -0.568. The summed E-state index contributed by atoms with van der Waals surface area (Å²) < 4.78 is 29.9. The summed E-state index contributed by atoms with van der Waals surface area (Å²) in [4.78, 5) is 12.7. The highest BCUT2D eigenvalue weighted by atomic mass is 32.2. The Balaban J connectivity index is 1.72. The van der Waals surface area contributed by atoms with Crippen LogP contribution >= 0.6 is 0 Å². The summed E-state index contributed by atoms with van der Waals surface area (Å²) in [5, 5.41) is 10.9. The number of nitrogens with one attached hydrogen (secondary N) is 1. The molecule has 2 aromatic heterocycles. The third-order valence-electron chi connectivity index (χ3n) is 4.57. The maximum absolute atomic E-state index is 12.7. The lowest BCUT2D eigenvalue weighted by Gasteiger charge is -2.30. The molecule has 1 saturated heterocycles. The van der Waals surface area contributed by atoms with Crippen LogP contribution in [0.25, 0.3) is 0 Å². The highest BCUT2D eigenvalue weighted by Crippen LogP contribution is 2.25. The monoisotopic (exact) mass is 366 g/mol. The van der Waals surface area contributed by atoms with Gasteiger partial charge < -0.3 is 5.32 Å². The lowest BCUT2D eigenvalue weighted by Crippen LogP contribution is -2.43. The highest BCUT2D eigenvalue weighted by Gasteiger charge is 2.34. The van der Waals surface area contributed by atoms with E-state index in [1.165, 1.54) is 21.4 Å². The molecule has 1 amide bonds. The SMILES string of the molecule is Cc1c(NC(=O)C2CCCN(S(=O)(=O)c3cnn(C)c3)C2)cnn1C. The van der Waals surface area contributed by atoms with Crippen LogP contribution in [-0.2, 0) is 28.9 Å². The van der Waals surface area contributed by atoms with E-state index >= 15 is 0 Å². The van der Waals surface area contributed by atoms with Crippen molar-refractivity contribution in [3.8, 4) is 0 Å². The number of aromatic nitrogens is 4. The molecule has 1 fully saturated rings. The standard InChI is InChI=1S/C15H22N6O3S/c1-11-14(8-17-20(11)3)18-15(22)12-5-4-6-21(9-12)25(23,24)13-7-16-19(2)10-13/h7-8,10,12H,4-6,9H2,1-3H3,(H,18,22). The van der Waals surface area contributed by atoms with Crippen LogP contribution in [0.1, 0.15) is 18.5 Å². The minimum atomic E-state index is -3.63. The van der Waals surface area contributed by atoms with Crippen LogP contribution in [0.3, 0.4) is 0 Å². The van der Waals surface area contributed by atoms with Crippen LogP contribution < -0.4 is 5.32 Å². The number of hydrogen-bond donors (Lipinski definition) is 1. The number of anilines is 1. The van der Waals surface area contributed by atoms with Crippen molar-refractivity contribution in [1.82, 2.24) is 23.9 Å². The molecule has 0 saturated carbocycles. The Labute approximate surface area is 146 Å². The van der Waals surface area contributed by atoms with Gasteiger partial charge in [-0.3, -0.25) is 14.2 Å². The minimum Gasteiger partial charge on any atom is -0.323 e. The molecule has 2 aromatic rings. The number of amides is 1. The molecule has 3 rings (SSSR count). The Kier molecular flexibility index (Phi) is 4.65. The predicted octanol–water partition coefficient (Wildman–Crippen LogP) is 0.501. The van der Waals surface area contributed by atoms with Gasteiger partial charge in [0.1, 0.15) is 4.90 Å². The van der Waals surface area contributed by atoms with E-state index in [1.54, 1.807) is 25.0 Å². The van der Waals surface area contributed by atoms with Crippen molar-refractivity contribution >= 4 is 21.6 Å². The molecule has 1 aliphatic rings. The normalized spacial score (nSPS) is 19.1. The first-order valence-corrected chi connectivity index (χ1v) is 9.51. The second-order valence-electron chi connectivity index (χ2n) is 6.31. The van der Waals surface area contributed by atoms with Gasteiger partial charge in [0.2, 0.25) is 15.9 Å². The number of piperidine rings is 1. The maximum atomic E-state index is 12.7. The topological polar surface area (TPSA) is 102 Å². The number of nitrogens with zero attached hydrogens (tertiary/aromatic N) is 5. The van der Waals surface area contributed by atoms with E-state index in [0.717, 1.165) is 5.69 Å². The first-order chi connectivity index (χ1) is 11.8. The molecule has 0 aromatic carbocycles. The van der Waals surface area contributed by atoms with Crippen LogP contribution in [-0.4, -0.2) is 51.3 Å². The summed E-state index contributed by atoms with van der Waals surface area (Å²) >= 11 is 0. The van der Waals surface area contributed by atoms with Gasteiger partial charge in [-0.15, -0.1) is 0 Å². The lowest BCUT2D eigenvalue weighted by molar-refractivity contribution is -0.120. The molecule has 1 atom stereocenters. The van der Waals surface area contributed by atoms with Gasteiger partial charge in [0.25, 0.3) is 0 Å². The Morgan fingerprint density at radius 2 is 2.04 bits per heavy atom. The molecule has 1 N–H and O–H groups in total. The Hall–Kier alpha value is -2.20. The summed E-state index contributed by atoms with van der Waals surface area (Å²) in [5.41, 5.74) is 1.50. The Morgan fingerprint density at radius 3 is 2.64 bits per heavy atom. The van der Waals surface area contributed by atoms with E-state index in [2.05, 4.69) is 15.5 Å². The molecule has 0 radical (unpaired) electrons. The van der Waals surface area contributed by atoms with E-state index in [0.29, 0.717) is 25.1 Å². The molecule has 0 aliphatic carbocycles. The smallest absolute Gasteiger partial charge is 0.246 e. The van der Waals surface area contributed by atoms with E-state index in [4.69, 9.17) is 0 Å². The number of rotatable bonds is 4. The van der Waals surface area contributed by atoms with Crippen molar-refractivity contribution in [3.05, 3.63) is 24.3 Å². The minimum absolute atomic E-state index is 0.152. The number of carbonyl (C=O) groups is 1. The van der Waals surface area contributed by atoms with Crippen molar-refractivity contribution in [2.75, 3.05) is 18.4 Å². The van der Waals surface area contributed by atoms with Crippen LogP contribution in [0.15, 0.2) is 23.5 Å². The fraction of sp³-hybridized carbons (Fsp3) is 0.533. The van der Waals surface area contributed by atoms with Gasteiger partial charge >= 0.3 is 0 Å². The van der Waals surface area contributed by atoms with Gasteiger partial charge in [-0.25, -0.2) is 8.42 Å². The van der Waals surface area contributed by atoms with E-state index in [9.17, 15) is 13.2 Å². The number of aryl methyl sites for hydroxylation is 2. The second kappa shape index (κ2) is 6.60. The lowest BCUT2D eigenvalue weighted by atomic mass is 9.99. The Morgan fingerprint density at radius 1 is 1.28 bits per heavy atom. The molecule has 1 unspecified atom stereocenters. The van der Waals surface area contributed by atoms with Crippen LogP contribution in [0.2, 0.25) is 0 Å². The first kappa shape index (κ1) is 17.6. The number of carbonyl (C=O) groups excluding carboxylic acids is 1. The average Bonchev–Trinajstić information content (AvgIpc) is 3.16. The van der Waals surface area contributed by atoms with Crippen molar-refractivity contribution < 1.29 is 13.2 Å².